The maximum Gasteiger partial charge on any atom is 0.434 e. The maximum absolute atomic E-state index is 12.5. The predicted octanol–water partition coefficient (Wildman–Crippen LogP) is 3.63. The van der Waals surface area contributed by atoms with E-state index in [1.807, 2.05) is 0 Å². The summed E-state index contributed by atoms with van der Waals surface area (Å²) >= 11 is 0.977. The van der Waals surface area contributed by atoms with E-state index in [1.54, 1.807) is 7.05 Å². The van der Waals surface area contributed by atoms with Crippen molar-refractivity contribution in [2.75, 3.05) is 13.6 Å². The molecule has 2 N–H and O–H groups in total. The number of aliphatic imine (C=N–C) groups is 1. The van der Waals surface area contributed by atoms with Gasteiger partial charge in [0.15, 0.2) is 11.7 Å². The molecule has 25 heavy (non-hydrogen) atoms. The highest BCUT2D eigenvalue weighted by Crippen LogP contribution is 2.29. The van der Waals surface area contributed by atoms with E-state index in [4.69, 9.17) is 0 Å². The second kappa shape index (κ2) is 8.84. The van der Waals surface area contributed by atoms with E-state index < -0.39 is 11.9 Å². The first-order valence-electron chi connectivity index (χ1n) is 7.96. The molecule has 0 radical (unpaired) electrons. The smallest absolute Gasteiger partial charge is 0.356 e. The SMILES string of the molecule is CCc1ccc(CCNC(=NC)NCc2nc(C(F)(F)F)cs2)cc1. The van der Waals surface area contributed by atoms with E-state index in [0.29, 0.717) is 17.5 Å². The summed E-state index contributed by atoms with van der Waals surface area (Å²) in [5.41, 5.74) is 1.67. The van der Waals surface area contributed by atoms with E-state index >= 15 is 0 Å². The standard InChI is InChI=1S/C17H21F3N4S/c1-3-12-4-6-13(7-5-12)8-9-22-16(21-2)23-10-15-24-14(11-25-15)17(18,19)20/h4-7,11H,3,8-10H2,1-2H3,(H2,21,22,23). The highest BCUT2D eigenvalue weighted by molar-refractivity contribution is 7.09. The topological polar surface area (TPSA) is 49.3 Å². The summed E-state index contributed by atoms with van der Waals surface area (Å²) in [6.07, 6.45) is -2.55. The molecule has 0 amide bonds. The van der Waals surface area contributed by atoms with Crippen molar-refractivity contribution in [1.82, 2.24) is 15.6 Å². The molecule has 1 aromatic carbocycles. The Morgan fingerprint density at radius 2 is 1.84 bits per heavy atom. The Morgan fingerprint density at radius 3 is 2.40 bits per heavy atom. The lowest BCUT2D eigenvalue weighted by atomic mass is 10.1. The number of nitrogens with one attached hydrogen (secondary N) is 2. The monoisotopic (exact) mass is 370 g/mol. The molecule has 2 aromatic rings. The zero-order valence-electron chi connectivity index (χ0n) is 14.2. The third-order valence-corrected chi connectivity index (χ3v) is 4.46. The largest absolute Gasteiger partial charge is 0.434 e. The van der Waals surface area contributed by atoms with Crippen LogP contribution in [0.25, 0.3) is 0 Å². The lowest BCUT2D eigenvalue weighted by molar-refractivity contribution is -0.140. The molecule has 0 aliphatic carbocycles. The summed E-state index contributed by atoms with van der Waals surface area (Å²) in [5, 5.41) is 7.51. The summed E-state index contributed by atoms with van der Waals surface area (Å²) in [4.78, 5) is 7.65. The Morgan fingerprint density at radius 1 is 1.16 bits per heavy atom. The van der Waals surface area contributed by atoms with E-state index in [0.717, 1.165) is 29.6 Å². The van der Waals surface area contributed by atoms with Gasteiger partial charge in [0.05, 0.1) is 6.54 Å². The average molecular weight is 370 g/mol. The van der Waals surface area contributed by atoms with Crippen LogP contribution in [0.2, 0.25) is 0 Å². The molecule has 136 valence electrons. The number of aryl methyl sites for hydroxylation is 1. The first kappa shape index (κ1) is 19.2. The van der Waals surface area contributed by atoms with Crippen LogP contribution in [-0.2, 0) is 25.6 Å². The van der Waals surface area contributed by atoms with Gasteiger partial charge < -0.3 is 10.6 Å². The number of guanidine groups is 1. The highest BCUT2D eigenvalue weighted by Gasteiger charge is 2.33. The highest BCUT2D eigenvalue weighted by atomic mass is 32.1. The molecule has 0 saturated heterocycles. The number of hydrogen-bond donors (Lipinski definition) is 2. The number of halogens is 3. The number of rotatable bonds is 6. The number of alkyl halides is 3. The van der Waals surface area contributed by atoms with Crippen LogP contribution in [0.5, 0.6) is 0 Å². The van der Waals surface area contributed by atoms with Crippen LogP contribution < -0.4 is 10.6 Å². The van der Waals surface area contributed by atoms with Crippen LogP contribution in [0.1, 0.15) is 28.8 Å². The molecular weight excluding hydrogens is 349 g/mol. The third kappa shape index (κ3) is 6.04. The molecule has 0 saturated carbocycles. The van der Waals surface area contributed by atoms with Gasteiger partial charge in [-0.15, -0.1) is 11.3 Å². The van der Waals surface area contributed by atoms with E-state index in [-0.39, 0.29) is 6.54 Å². The maximum atomic E-state index is 12.5. The van der Waals surface area contributed by atoms with Crippen molar-refractivity contribution in [1.29, 1.82) is 0 Å². The van der Waals surface area contributed by atoms with Crippen LogP contribution in [0, 0.1) is 0 Å². The Labute approximate surface area is 149 Å². The van der Waals surface area contributed by atoms with Gasteiger partial charge in [0.25, 0.3) is 0 Å². The molecule has 0 atom stereocenters. The van der Waals surface area contributed by atoms with Crippen molar-refractivity contribution in [2.45, 2.75) is 32.5 Å². The first-order chi connectivity index (χ1) is 11.9. The molecule has 0 fully saturated rings. The Balaban J connectivity index is 1.77. The number of thiazole rings is 1. The summed E-state index contributed by atoms with van der Waals surface area (Å²) in [6.45, 7) is 2.99. The van der Waals surface area contributed by atoms with Crippen molar-refractivity contribution in [3.8, 4) is 0 Å². The first-order valence-corrected chi connectivity index (χ1v) is 8.84. The lowest BCUT2D eigenvalue weighted by Crippen LogP contribution is -2.37. The van der Waals surface area contributed by atoms with Crippen LogP contribution in [-0.4, -0.2) is 24.5 Å². The van der Waals surface area contributed by atoms with Gasteiger partial charge in [-0.1, -0.05) is 31.2 Å². The Hall–Kier alpha value is -2.09. The molecule has 0 aliphatic heterocycles. The number of hydrogen-bond acceptors (Lipinski definition) is 3. The van der Waals surface area contributed by atoms with E-state index in [1.165, 1.54) is 11.1 Å². The Kier molecular flexibility index (Phi) is 6.81. The summed E-state index contributed by atoms with van der Waals surface area (Å²) < 4.78 is 37.6. The number of benzene rings is 1. The summed E-state index contributed by atoms with van der Waals surface area (Å²) in [7, 11) is 1.62. The van der Waals surface area contributed by atoms with Gasteiger partial charge in [-0.05, 0) is 24.0 Å². The second-order valence-corrected chi connectivity index (χ2v) is 6.34. The fourth-order valence-corrected chi connectivity index (χ4v) is 2.91. The summed E-state index contributed by atoms with van der Waals surface area (Å²) in [5.74, 6) is 0.536. The van der Waals surface area contributed by atoms with Crippen LogP contribution in [0.15, 0.2) is 34.6 Å². The van der Waals surface area contributed by atoms with Gasteiger partial charge >= 0.3 is 6.18 Å². The minimum absolute atomic E-state index is 0.200. The molecule has 1 heterocycles. The minimum atomic E-state index is -4.40. The molecule has 0 unspecified atom stereocenters. The fraction of sp³-hybridized carbons (Fsp3) is 0.412. The van der Waals surface area contributed by atoms with Crippen molar-refractivity contribution in [3.05, 3.63) is 51.5 Å². The van der Waals surface area contributed by atoms with Crippen molar-refractivity contribution in [3.63, 3.8) is 0 Å². The van der Waals surface area contributed by atoms with Gasteiger partial charge in [-0.2, -0.15) is 13.2 Å². The van der Waals surface area contributed by atoms with Crippen molar-refractivity contribution < 1.29 is 13.2 Å². The van der Waals surface area contributed by atoms with Crippen molar-refractivity contribution in [2.24, 2.45) is 4.99 Å². The molecule has 0 aliphatic rings. The van der Waals surface area contributed by atoms with Crippen molar-refractivity contribution >= 4 is 17.3 Å². The predicted molar refractivity (Wildman–Crippen MR) is 94.8 cm³/mol. The molecule has 2 rings (SSSR count). The molecule has 1 aromatic heterocycles. The molecule has 0 bridgehead atoms. The van der Waals surface area contributed by atoms with Gasteiger partial charge in [0, 0.05) is 19.0 Å². The average Bonchev–Trinajstić information content (AvgIpc) is 3.08. The Bertz CT molecular complexity index is 693. The quantitative estimate of drug-likeness (QED) is 0.603. The number of nitrogens with zero attached hydrogens (tertiary/aromatic N) is 2. The van der Waals surface area contributed by atoms with Crippen LogP contribution in [0.3, 0.4) is 0 Å². The van der Waals surface area contributed by atoms with Gasteiger partial charge in [0.2, 0.25) is 0 Å². The molecule has 4 nitrogen and oxygen atoms in total. The molecule has 0 spiro atoms. The van der Waals surface area contributed by atoms with E-state index in [9.17, 15) is 13.2 Å². The lowest BCUT2D eigenvalue weighted by Gasteiger charge is -2.11. The van der Waals surface area contributed by atoms with E-state index in [2.05, 4.69) is 51.8 Å². The minimum Gasteiger partial charge on any atom is -0.356 e. The molecular formula is C17H21F3N4S. The number of aromatic nitrogens is 1. The van der Waals surface area contributed by atoms with Gasteiger partial charge in [-0.25, -0.2) is 4.98 Å². The normalized spacial score (nSPS) is 12.3. The fourth-order valence-electron chi connectivity index (χ4n) is 2.17. The second-order valence-electron chi connectivity index (χ2n) is 5.40. The van der Waals surface area contributed by atoms with Crippen LogP contribution >= 0.6 is 11.3 Å². The van der Waals surface area contributed by atoms with Gasteiger partial charge in [-0.3, -0.25) is 4.99 Å². The zero-order valence-corrected chi connectivity index (χ0v) is 15.0. The van der Waals surface area contributed by atoms with Gasteiger partial charge in [0.1, 0.15) is 5.01 Å². The third-order valence-electron chi connectivity index (χ3n) is 3.61. The zero-order chi connectivity index (χ0) is 18.3. The molecule has 8 heteroatoms. The van der Waals surface area contributed by atoms with Crippen LogP contribution in [0.4, 0.5) is 13.2 Å². The summed E-state index contributed by atoms with van der Waals surface area (Å²) in [6, 6.07) is 8.43.